The maximum atomic E-state index is 12.7. The number of aryl methyl sites for hydroxylation is 1. The minimum atomic E-state index is 0.0499. The molecule has 0 fully saturated rings. The molecule has 0 aliphatic carbocycles. The molecule has 0 unspecified atom stereocenters. The molecule has 0 aliphatic heterocycles. The predicted octanol–water partition coefficient (Wildman–Crippen LogP) is 3.75. The number of carbonyl (C=O) groups excluding carboxylic acids is 1. The van der Waals surface area contributed by atoms with Crippen LogP contribution >= 0.6 is 11.8 Å². The first-order chi connectivity index (χ1) is 13.1. The van der Waals surface area contributed by atoms with Crippen LogP contribution in [-0.4, -0.2) is 46.8 Å². The number of likely N-dealkylation sites (N-methyl/N-ethyl adjacent to an activating group) is 1. The molecular weight excluding hydrogens is 358 g/mol. The van der Waals surface area contributed by atoms with Gasteiger partial charge < -0.3 is 14.2 Å². The molecule has 0 N–H and O–H groups in total. The highest BCUT2D eigenvalue weighted by Crippen LogP contribution is 2.19. The van der Waals surface area contributed by atoms with Gasteiger partial charge in [0.25, 0.3) is 0 Å². The van der Waals surface area contributed by atoms with Crippen molar-refractivity contribution in [1.82, 2.24) is 14.5 Å². The van der Waals surface area contributed by atoms with Crippen LogP contribution in [0, 0.1) is 6.92 Å². The molecule has 0 saturated carbocycles. The summed E-state index contributed by atoms with van der Waals surface area (Å²) in [6.45, 7) is 3.31. The van der Waals surface area contributed by atoms with Crippen LogP contribution in [0.4, 0.5) is 0 Å². The first-order valence-electron chi connectivity index (χ1n) is 8.95. The number of imidazole rings is 1. The fourth-order valence-electron chi connectivity index (χ4n) is 2.93. The minimum absolute atomic E-state index is 0.0499. The van der Waals surface area contributed by atoms with Crippen molar-refractivity contribution in [2.75, 3.05) is 26.5 Å². The second kappa shape index (κ2) is 8.95. The molecule has 0 bridgehead atoms. The average Bonchev–Trinajstić information content (AvgIpc) is 3.01. The van der Waals surface area contributed by atoms with Crippen LogP contribution in [0.15, 0.2) is 48.5 Å². The number of hydrogen-bond acceptors (Lipinski definition) is 4. The molecule has 1 heterocycles. The molecule has 1 amide bonds. The van der Waals surface area contributed by atoms with Gasteiger partial charge in [0, 0.05) is 7.05 Å². The largest absolute Gasteiger partial charge is 0.491 e. The summed E-state index contributed by atoms with van der Waals surface area (Å²) in [6.07, 6.45) is 2.04. The number of amides is 1. The van der Waals surface area contributed by atoms with Crippen LogP contribution in [0.1, 0.15) is 11.4 Å². The lowest BCUT2D eigenvalue weighted by molar-refractivity contribution is -0.130. The molecule has 3 aromatic rings. The smallest absolute Gasteiger partial charge is 0.242 e. The van der Waals surface area contributed by atoms with Gasteiger partial charge in [-0.25, -0.2) is 4.98 Å². The van der Waals surface area contributed by atoms with E-state index in [2.05, 4.69) is 4.98 Å². The standard InChI is InChI=1S/C21H25N3O2S/c1-16-8-4-7-11-19(16)26-13-12-23(2)21(25)14-24-18-10-6-5-9-17(18)22-20(24)15-27-3/h4-11H,12-15H2,1-3H3. The van der Waals surface area contributed by atoms with Gasteiger partial charge in [0.15, 0.2) is 0 Å². The number of rotatable bonds is 8. The number of para-hydroxylation sites is 3. The zero-order valence-electron chi connectivity index (χ0n) is 16.0. The summed E-state index contributed by atoms with van der Waals surface area (Å²) >= 11 is 1.70. The van der Waals surface area contributed by atoms with Gasteiger partial charge in [-0.05, 0) is 36.9 Å². The Balaban J connectivity index is 1.63. The number of nitrogens with zero attached hydrogens (tertiary/aromatic N) is 3. The van der Waals surface area contributed by atoms with Crippen LogP contribution < -0.4 is 4.74 Å². The van der Waals surface area contributed by atoms with Gasteiger partial charge >= 0.3 is 0 Å². The zero-order valence-corrected chi connectivity index (χ0v) is 16.8. The molecule has 6 heteroatoms. The minimum Gasteiger partial charge on any atom is -0.491 e. The molecule has 3 rings (SSSR count). The summed E-state index contributed by atoms with van der Waals surface area (Å²) in [7, 11) is 1.82. The van der Waals surface area contributed by atoms with Crippen molar-refractivity contribution in [3.05, 3.63) is 59.9 Å². The van der Waals surface area contributed by atoms with E-state index in [0.29, 0.717) is 13.2 Å². The van der Waals surface area contributed by atoms with Gasteiger partial charge in [0.05, 0.1) is 23.3 Å². The third-order valence-electron chi connectivity index (χ3n) is 4.50. The van der Waals surface area contributed by atoms with Gasteiger partial charge in [0.2, 0.25) is 5.91 Å². The third-order valence-corrected chi connectivity index (χ3v) is 5.05. The highest BCUT2D eigenvalue weighted by atomic mass is 32.2. The first kappa shape index (κ1) is 19.3. The van der Waals surface area contributed by atoms with E-state index in [1.807, 2.05) is 73.3 Å². The van der Waals surface area contributed by atoms with Crippen LogP contribution in [0.5, 0.6) is 5.75 Å². The lowest BCUT2D eigenvalue weighted by Gasteiger charge is -2.19. The van der Waals surface area contributed by atoms with E-state index in [1.54, 1.807) is 16.7 Å². The van der Waals surface area contributed by atoms with E-state index in [9.17, 15) is 4.79 Å². The number of hydrogen-bond donors (Lipinski definition) is 0. The predicted molar refractivity (Wildman–Crippen MR) is 111 cm³/mol. The molecule has 0 aliphatic rings. The molecule has 0 radical (unpaired) electrons. The van der Waals surface area contributed by atoms with Crippen LogP contribution in [0.3, 0.4) is 0 Å². The number of thioether (sulfide) groups is 1. The molecule has 2 aromatic carbocycles. The van der Waals surface area contributed by atoms with Gasteiger partial charge in [-0.2, -0.15) is 11.8 Å². The highest BCUT2D eigenvalue weighted by Gasteiger charge is 2.16. The molecule has 27 heavy (non-hydrogen) atoms. The highest BCUT2D eigenvalue weighted by molar-refractivity contribution is 7.97. The maximum Gasteiger partial charge on any atom is 0.242 e. The van der Waals surface area contributed by atoms with E-state index in [0.717, 1.165) is 33.9 Å². The Morgan fingerprint density at radius 2 is 1.93 bits per heavy atom. The summed E-state index contributed by atoms with van der Waals surface area (Å²) < 4.78 is 7.83. The number of carbonyl (C=O) groups is 1. The van der Waals surface area contributed by atoms with Gasteiger partial charge in [-0.1, -0.05) is 30.3 Å². The van der Waals surface area contributed by atoms with E-state index < -0.39 is 0 Å². The number of benzene rings is 2. The molecular formula is C21H25N3O2S. The summed E-state index contributed by atoms with van der Waals surface area (Å²) in [4.78, 5) is 19.1. The summed E-state index contributed by atoms with van der Waals surface area (Å²) in [5, 5.41) is 0. The molecule has 0 atom stereocenters. The average molecular weight is 384 g/mol. The van der Waals surface area contributed by atoms with Gasteiger partial charge in [-0.3, -0.25) is 4.79 Å². The van der Waals surface area contributed by atoms with Crippen molar-refractivity contribution in [2.45, 2.75) is 19.2 Å². The van der Waals surface area contributed by atoms with E-state index in [4.69, 9.17) is 4.74 Å². The van der Waals surface area contributed by atoms with Crippen molar-refractivity contribution in [1.29, 1.82) is 0 Å². The molecule has 5 nitrogen and oxygen atoms in total. The van der Waals surface area contributed by atoms with Crippen LogP contribution in [0.25, 0.3) is 11.0 Å². The van der Waals surface area contributed by atoms with Gasteiger partial charge in [0.1, 0.15) is 24.7 Å². The van der Waals surface area contributed by atoms with E-state index >= 15 is 0 Å². The molecule has 142 valence electrons. The summed E-state index contributed by atoms with van der Waals surface area (Å²) in [5.41, 5.74) is 3.03. The van der Waals surface area contributed by atoms with Crippen LogP contribution in [-0.2, 0) is 17.1 Å². The second-order valence-corrected chi connectivity index (χ2v) is 7.33. The monoisotopic (exact) mass is 383 g/mol. The Morgan fingerprint density at radius 3 is 2.70 bits per heavy atom. The van der Waals surface area contributed by atoms with Crippen molar-refractivity contribution >= 4 is 28.7 Å². The third kappa shape index (κ3) is 4.63. The van der Waals surface area contributed by atoms with Crippen molar-refractivity contribution in [2.24, 2.45) is 0 Å². The van der Waals surface area contributed by atoms with Crippen molar-refractivity contribution in [3.63, 3.8) is 0 Å². The number of fused-ring (bicyclic) bond motifs is 1. The molecule has 0 saturated heterocycles. The van der Waals surface area contributed by atoms with E-state index in [1.165, 1.54) is 0 Å². The summed E-state index contributed by atoms with van der Waals surface area (Å²) in [5.74, 6) is 2.62. The molecule has 0 spiro atoms. The SMILES string of the molecule is CSCc1nc2ccccc2n1CC(=O)N(C)CCOc1ccccc1C. The lowest BCUT2D eigenvalue weighted by Crippen LogP contribution is -2.34. The topological polar surface area (TPSA) is 47.4 Å². The molecule has 1 aromatic heterocycles. The number of aromatic nitrogens is 2. The van der Waals surface area contributed by atoms with Crippen LogP contribution in [0.2, 0.25) is 0 Å². The maximum absolute atomic E-state index is 12.7. The zero-order chi connectivity index (χ0) is 19.2. The van der Waals surface area contributed by atoms with E-state index in [-0.39, 0.29) is 12.5 Å². The fraction of sp³-hybridized carbons (Fsp3) is 0.333. The lowest BCUT2D eigenvalue weighted by atomic mass is 10.2. The summed E-state index contributed by atoms with van der Waals surface area (Å²) in [6, 6.07) is 15.9. The Kier molecular flexibility index (Phi) is 6.40. The Labute approximate surface area is 164 Å². The Morgan fingerprint density at radius 1 is 1.19 bits per heavy atom. The Hall–Kier alpha value is -2.47. The van der Waals surface area contributed by atoms with Crippen molar-refractivity contribution < 1.29 is 9.53 Å². The normalized spacial score (nSPS) is 10.9. The quantitative estimate of drug-likeness (QED) is 0.594. The second-order valence-electron chi connectivity index (χ2n) is 6.47. The Bertz CT molecular complexity index is 923. The fourth-order valence-corrected chi connectivity index (χ4v) is 3.41. The first-order valence-corrected chi connectivity index (χ1v) is 10.3. The van der Waals surface area contributed by atoms with Gasteiger partial charge in [-0.15, -0.1) is 0 Å². The van der Waals surface area contributed by atoms with Crippen molar-refractivity contribution in [3.8, 4) is 5.75 Å². The number of ether oxygens (including phenoxy) is 1.